The Labute approximate surface area is 198 Å². The molecule has 1 amide bonds. The van der Waals surface area contributed by atoms with Gasteiger partial charge in [0.15, 0.2) is 0 Å². The minimum Gasteiger partial charge on any atom is -0.379 e. The lowest BCUT2D eigenvalue weighted by atomic mass is 9.89. The van der Waals surface area contributed by atoms with Crippen molar-refractivity contribution in [1.29, 1.82) is 0 Å². The SMILES string of the molecule is Cc1cc(F)c(C(=O)NC2CC2)cc1-n1cc(-c2cncc(NC3(C)CCN(C)CC3)c2)nn1. The van der Waals surface area contributed by atoms with E-state index in [4.69, 9.17) is 0 Å². The number of anilines is 1. The number of piperidine rings is 1. The summed E-state index contributed by atoms with van der Waals surface area (Å²) in [7, 11) is 2.15. The lowest BCUT2D eigenvalue weighted by molar-refractivity contribution is 0.0947. The Morgan fingerprint density at radius 1 is 1.18 bits per heavy atom. The van der Waals surface area contributed by atoms with Gasteiger partial charge in [0.05, 0.1) is 23.1 Å². The van der Waals surface area contributed by atoms with Crippen LogP contribution in [0, 0.1) is 12.7 Å². The van der Waals surface area contributed by atoms with Crippen molar-refractivity contribution in [3.63, 3.8) is 0 Å². The van der Waals surface area contributed by atoms with Gasteiger partial charge in [0.25, 0.3) is 5.91 Å². The molecule has 0 radical (unpaired) electrons. The normalized spacial score (nSPS) is 18.0. The zero-order chi connectivity index (χ0) is 23.9. The first-order valence-electron chi connectivity index (χ1n) is 11.8. The summed E-state index contributed by atoms with van der Waals surface area (Å²) in [5.74, 6) is -0.933. The van der Waals surface area contributed by atoms with Crippen molar-refractivity contribution in [3.8, 4) is 16.9 Å². The third-order valence-corrected chi connectivity index (χ3v) is 6.75. The summed E-state index contributed by atoms with van der Waals surface area (Å²) in [6.45, 7) is 6.15. The summed E-state index contributed by atoms with van der Waals surface area (Å²) in [5, 5.41) is 15.1. The largest absolute Gasteiger partial charge is 0.379 e. The molecule has 3 heterocycles. The van der Waals surface area contributed by atoms with E-state index >= 15 is 0 Å². The van der Waals surface area contributed by atoms with E-state index in [2.05, 4.69) is 44.8 Å². The fourth-order valence-electron chi connectivity index (χ4n) is 4.32. The number of nitrogens with zero attached hydrogens (tertiary/aromatic N) is 5. The number of halogens is 1. The number of pyridine rings is 1. The van der Waals surface area contributed by atoms with E-state index in [1.807, 2.05) is 12.3 Å². The number of carbonyl (C=O) groups is 1. The van der Waals surface area contributed by atoms with Crippen LogP contribution >= 0.6 is 0 Å². The van der Waals surface area contributed by atoms with Gasteiger partial charge in [-0.2, -0.15) is 0 Å². The van der Waals surface area contributed by atoms with Crippen molar-refractivity contribution in [2.24, 2.45) is 0 Å². The van der Waals surface area contributed by atoms with Crippen molar-refractivity contribution in [2.45, 2.75) is 51.1 Å². The number of aryl methyl sites for hydroxylation is 1. The van der Waals surface area contributed by atoms with Gasteiger partial charge in [-0.15, -0.1) is 5.10 Å². The van der Waals surface area contributed by atoms with Crippen LogP contribution in [0.1, 0.15) is 48.5 Å². The van der Waals surface area contributed by atoms with Crippen LogP contribution < -0.4 is 10.6 Å². The molecule has 0 bridgehead atoms. The topological polar surface area (TPSA) is 88.0 Å². The predicted octanol–water partition coefficient (Wildman–Crippen LogP) is 3.57. The number of benzene rings is 1. The molecule has 0 atom stereocenters. The third-order valence-electron chi connectivity index (χ3n) is 6.75. The molecule has 178 valence electrons. The summed E-state index contributed by atoms with van der Waals surface area (Å²) in [5.41, 5.74) is 3.74. The number of hydrogen-bond donors (Lipinski definition) is 2. The third kappa shape index (κ3) is 4.79. The van der Waals surface area contributed by atoms with Crippen molar-refractivity contribution < 1.29 is 9.18 Å². The van der Waals surface area contributed by atoms with Crippen molar-refractivity contribution >= 4 is 11.6 Å². The first-order valence-corrected chi connectivity index (χ1v) is 11.8. The van der Waals surface area contributed by atoms with E-state index in [1.165, 1.54) is 12.1 Å². The standard InChI is InChI=1S/C25H30FN7O/c1-16-10-21(26)20(24(34)28-18-4-5-18)12-23(16)33-15-22(30-31-33)17-11-19(14-27-13-17)29-25(2)6-8-32(3)9-7-25/h10-15,18,29H,4-9H2,1-3H3,(H,28,34). The van der Waals surface area contributed by atoms with Crippen molar-refractivity contribution in [3.05, 3.63) is 53.7 Å². The Morgan fingerprint density at radius 3 is 2.68 bits per heavy atom. The van der Waals surface area contributed by atoms with Crippen molar-refractivity contribution in [1.82, 2.24) is 30.2 Å². The van der Waals surface area contributed by atoms with Gasteiger partial charge in [-0.05, 0) is 70.3 Å². The molecule has 0 unspecified atom stereocenters. The van der Waals surface area contributed by atoms with Gasteiger partial charge in [-0.25, -0.2) is 9.07 Å². The molecular weight excluding hydrogens is 433 g/mol. The second kappa shape index (κ2) is 8.79. The fourth-order valence-corrected chi connectivity index (χ4v) is 4.32. The summed E-state index contributed by atoms with van der Waals surface area (Å²) >= 11 is 0. The van der Waals surface area contributed by atoms with E-state index in [-0.39, 0.29) is 17.1 Å². The number of hydrogen-bond acceptors (Lipinski definition) is 6. The number of carbonyl (C=O) groups excluding carboxylic acids is 1. The molecule has 2 aliphatic rings. The average molecular weight is 464 g/mol. The fraction of sp³-hybridized carbons (Fsp3) is 0.440. The summed E-state index contributed by atoms with van der Waals surface area (Å²) < 4.78 is 16.1. The first kappa shape index (κ1) is 22.5. The first-order chi connectivity index (χ1) is 16.3. The van der Waals surface area contributed by atoms with Gasteiger partial charge in [-0.1, -0.05) is 5.21 Å². The quantitative estimate of drug-likeness (QED) is 0.581. The summed E-state index contributed by atoms with van der Waals surface area (Å²) in [6.07, 6.45) is 9.36. The molecule has 5 rings (SSSR count). The number of rotatable bonds is 6. The van der Waals surface area contributed by atoms with E-state index in [9.17, 15) is 9.18 Å². The molecule has 2 N–H and O–H groups in total. The molecule has 1 saturated carbocycles. The molecular formula is C25H30FN7O. The molecule has 1 aliphatic heterocycles. The van der Waals surface area contributed by atoms with Crippen LogP contribution in [0.25, 0.3) is 16.9 Å². The highest BCUT2D eigenvalue weighted by atomic mass is 19.1. The molecule has 0 spiro atoms. The second-order valence-electron chi connectivity index (χ2n) is 9.87. The van der Waals surface area contributed by atoms with Gasteiger partial charge in [0, 0.05) is 42.6 Å². The number of likely N-dealkylation sites (tertiary alicyclic amines) is 1. The van der Waals surface area contributed by atoms with Crippen molar-refractivity contribution in [2.75, 3.05) is 25.5 Å². The Hall–Kier alpha value is -3.33. The van der Waals surface area contributed by atoms with Gasteiger partial charge in [0.2, 0.25) is 0 Å². The zero-order valence-electron chi connectivity index (χ0n) is 19.8. The maximum Gasteiger partial charge on any atom is 0.254 e. The predicted molar refractivity (Wildman–Crippen MR) is 129 cm³/mol. The molecule has 1 saturated heterocycles. The smallest absolute Gasteiger partial charge is 0.254 e. The monoisotopic (exact) mass is 463 g/mol. The minimum atomic E-state index is -0.537. The Morgan fingerprint density at radius 2 is 1.94 bits per heavy atom. The highest BCUT2D eigenvalue weighted by Crippen LogP contribution is 2.28. The van der Waals surface area contributed by atoms with E-state index in [0.717, 1.165) is 50.0 Å². The molecule has 2 fully saturated rings. The van der Waals surface area contributed by atoms with Crippen LogP contribution in [0.4, 0.5) is 10.1 Å². The lowest BCUT2D eigenvalue weighted by Crippen LogP contribution is -2.45. The Kier molecular flexibility index (Phi) is 5.81. The maximum atomic E-state index is 14.5. The zero-order valence-corrected chi connectivity index (χ0v) is 19.8. The molecule has 8 nitrogen and oxygen atoms in total. The van der Waals surface area contributed by atoms with Gasteiger partial charge < -0.3 is 15.5 Å². The van der Waals surface area contributed by atoms with Crippen LogP contribution in [0.15, 0.2) is 36.8 Å². The molecule has 1 aliphatic carbocycles. The minimum absolute atomic E-state index is 0.0174. The second-order valence-corrected chi connectivity index (χ2v) is 9.87. The highest BCUT2D eigenvalue weighted by Gasteiger charge is 2.29. The Balaban J connectivity index is 1.38. The van der Waals surface area contributed by atoms with Gasteiger partial charge in [0.1, 0.15) is 11.5 Å². The van der Waals surface area contributed by atoms with Crippen LogP contribution in [0.2, 0.25) is 0 Å². The molecule has 2 aromatic heterocycles. The van der Waals surface area contributed by atoms with Gasteiger partial charge in [-0.3, -0.25) is 9.78 Å². The van der Waals surface area contributed by atoms with Crippen LogP contribution in [0.3, 0.4) is 0 Å². The number of amides is 1. The summed E-state index contributed by atoms with van der Waals surface area (Å²) in [6, 6.07) is 5.08. The maximum absolute atomic E-state index is 14.5. The average Bonchev–Trinajstić information content (AvgIpc) is 3.48. The molecule has 1 aromatic carbocycles. The molecule has 3 aromatic rings. The molecule has 9 heteroatoms. The number of aromatic nitrogens is 4. The highest BCUT2D eigenvalue weighted by molar-refractivity contribution is 5.95. The van der Waals surface area contributed by atoms with E-state index < -0.39 is 11.7 Å². The van der Waals surface area contributed by atoms with Crippen LogP contribution in [-0.4, -0.2) is 62.5 Å². The molecule has 34 heavy (non-hydrogen) atoms. The van der Waals surface area contributed by atoms with Gasteiger partial charge >= 0.3 is 0 Å². The summed E-state index contributed by atoms with van der Waals surface area (Å²) in [4.78, 5) is 19.2. The van der Waals surface area contributed by atoms with Crippen LogP contribution in [-0.2, 0) is 0 Å². The van der Waals surface area contributed by atoms with Crippen LogP contribution in [0.5, 0.6) is 0 Å². The van der Waals surface area contributed by atoms with E-state index in [1.54, 1.807) is 24.0 Å². The van der Waals surface area contributed by atoms with E-state index in [0.29, 0.717) is 16.9 Å². The number of nitrogens with one attached hydrogen (secondary N) is 2. The Bertz CT molecular complexity index is 1210. The lowest BCUT2D eigenvalue weighted by Gasteiger charge is -2.39.